The van der Waals surface area contributed by atoms with Crippen LogP contribution in [0.1, 0.15) is 79.1 Å². The Morgan fingerprint density at radius 2 is 1.88 bits per heavy atom. The quantitative estimate of drug-likeness (QED) is 0.614. The zero-order valence-electron chi connectivity index (χ0n) is 16.4. The maximum Gasteiger partial charge on any atom is 0.0433 e. The number of allylic oxidation sites excluding steroid dienone is 5. The molecule has 0 aliphatic heterocycles. The van der Waals surface area contributed by atoms with Crippen molar-refractivity contribution in [2.24, 2.45) is 23.2 Å². The van der Waals surface area contributed by atoms with Gasteiger partial charge in [0, 0.05) is 6.61 Å². The fourth-order valence-corrected chi connectivity index (χ4v) is 4.88. The molecular weight excluding hydrogens is 292 g/mol. The van der Waals surface area contributed by atoms with Crippen LogP contribution in [0.2, 0.25) is 0 Å². The van der Waals surface area contributed by atoms with Crippen molar-refractivity contribution < 1.29 is 5.11 Å². The average Bonchev–Trinajstić information content (AvgIpc) is 2.57. The lowest BCUT2D eigenvalue weighted by Crippen LogP contribution is -2.39. The maximum absolute atomic E-state index is 9.31. The predicted molar refractivity (Wildman–Crippen MR) is 105 cm³/mol. The summed E-state index contributed by atoms with van der Waals surface area (Å²) < 4.78 is 0. The van der Waals surface area contributed by atoms with E-state index >= 15 is 0 Å². The van der Waals surface area contributed by atoms with Crippen LogP contribution in [-0.2, 0) is 0 Å². The molecule has 1 N–H and O–H groups in total. The van der Waals surface area contributed by atoms with Gasteiger partial charge in [-0.15, -0.1) is 0 Å². The van der Waals surface area contributed by atoms with Crippen LogP contribution in [0.25, 0.3) is 0 Å². The van der Waals surface area contributed by atoms with Gasteiger partial charge in [-0.1, -0.05) is 57.6 Å². The van der Waals surface area contributed by atoms with E-state index in [2.05, 4.69) is 46.4 Å². The van der Waals surface area contributed by atoms with Crippen molar-refractivity contribution in [2.45, 2.75) is 79.1 Å². The van der Waals surface area contributed by atoms with Gasteiger partial charge in [-0.05, 0) is 80.1 Å². The molecule has 136 valence electrons. The van der Waals surface area contributed by atoms with Crippen LogP contribution in [0, 0.1) is 23.2 Å². The Kier molecular flexibility index (Phi) is 6.92. The highest BCUT2D eigenvalue weighted by atomic mass is 16.3. The minimum absolute atomic E-state index is 0.312. The zero-order chi connectivity index (χ0) is 17.7. The van der Waals surface area contributed by atoms with Crippen LogP contribution < -0.4 is 0 Å². The molecule has 0 bridgehead atoms. The van der Waals surface area contributed by atoms with E-state index in [-0.39, 0.29) is 0 Å². The smallest absolute Gasteiger partial charge is 0.0433 e. The van der Waals surface area contributed by atoms with Crippen LogP contribution in [0.3, 0.4) is 0 Å². The first kappa shape index (κ1) is 19.5. The van der Waals surface area contributed by atoms with E-state index in [1.54, 1.807) is 5.57 Å². The van der Waals surface area contributed by atoms with Gasteiger partial charge >= 0.3 is 0 Å². The molecule has 0 aromatic heterocycles. The second kappa shape index (κ2) is 8.52. The molecule has 3 unspecified atom stereocenters. The summed E-state index contributed by atoms with van der Waals surface area (Å²) in [4.78, 5) is 0. The number of aliphatic hydroxyl groups excluding tert-OH is 1. The largest absolute Gasteiger partial charge is 0.396 e. The Morgan fingerprint density at radius 1 is 1.17 bits per heavy atom. The van der Waals surface area contributed by atoms with Gasteiger partial charge in [0.2, 0.25) is 0 Å². The van der Waals surface area contributed by atoms with Gasteiger partial charge < -0.3 is 5.11 Å². The van der Waals surface area contributed by atoms with Gasteiger partial charge in [-0.25, -0.2) is 0 Å². The third-order valence-corrected chi connectivity index (χ3v) is 7.33. The molecule has 0 saturated heterocycles. The van der Waals surface area contributed by atoms with Crippen molar-refractivity contribution in [3.63, 3.8) is 0 Å². The summed E-state index contributed by atoms with van der Waals surface area (Å²) in [6.07, 6.45) is 14.6. The zero-order valence-corrected chi connectivity index (χ0v) is 16.4. The molecule has 24 heavy (non-hydrogen) atoms. The third-order valence-electron chi connectivity index (χ3n) is 7.33. The van der Waals surface area contributed by atoms with E-state index in [1.807, 2.05) is 0 Å². The second-order valence-electron chi connectivity index (χ2n) is 8.60. The monoisotopic (exact) mass is 330 g/mol. The maximum atomic E-state index is 9.31. The van der Waals surface area contributed by atoms with Gasteiger partial charge in [-0.2, -0.15) is 0 Å². The Morgan fingerprint density at radius 3 is 2.54 bits per heavy atom. The molecule has 4 atom stereocenters. The van der Waals surface area contributed by atoms with Gasteiger partial charge in [-0.3, -0.25) is 0 Å². The molecule has 2 saturated carbocycles. The van der Waals surface area contributed by atoms with Crippen LogP contribution in [0.4, 0.5) is 0 Å². The van der Waals surface area contributed by atoms with Crippen molar-refractivity contribution in [1.29, 1.82) is 0 Å². The fourth-order valence-electron chi connectivity index (χ4n) is 4.88. The molecule has 2 fully saturated rings. The third kappa shape index (κ3) is 4.23. The first-order valence-electron chi connectivity index (χ1n) is 10.1. The van der Waals surface area contributed by atoms with Crippen molar-refractivity contribution >= 4 is 0 Å². The van der Waals surface area contributed by atoms with Crippen molar-refractivity contribution in [3.05, 3.63) is 35.5 Å². The molecule has 0 radical (unpaired) electrons. The van der Waals surface area contributed by atoms with Crippen molar-refractivity contribution in [2.75, 3.05) is 6.61 Å². The van der Waals surface area contributed by atoms with E-state index in [1.165, 1.54) is 56.1 Å². The topological polar surface area (TPSA) is 20.2 Å². The molecule has 2 rings (SSSR count). The molecule has 0 aromatic rings. The molecule has 2 aliphatic carbocycles. The summed E-state index contributed by atoms with van der Waals surface area (Å²) in [5, 5.41) is 9.31. The first-order valence-corrected chi connectivity index (χ1v) is 10.1. The van der Waals surface area contributed by atoms with Crippen molar-refractivity contribution in [3.8, 4) is 0 Å². The normalized spacial score (nSPS) is 34.5. The number of hydrogen-bond acceptors (Lipinski definition) is 1. The van der Waals surface area contributed by atoms with Gasteiger partial charge in [0.05, 0.1) is 0 Å². The highest BCUT2D eigenvalue weighted by Gasteiger charge is 2.42. The molecule has 1 nitrogen and oxygen atoms in total. The minimum atomic E-state index is 0.312. The Labute approximate surface area is 149 Å². The summed E-state index contributed by atoms with van der Waals surface area (Å²) in [6.45, 7) is 14.2. The molecule has 0 heterocycles. The van der Waals surface area contributed by atoms with Crippen LogP contribution in [-0.4, -0.2) is 11.7 Å². The molecule has 0 aromatic carbocycles. The first-order chi connectivity index (χ1) is 11.4. The predicted octanol–water partition coefficient (Wildman–Crippen LogP) is 6.45. The van der Waals surface area contributed by atoms with Crippen molar-refractivity contribution in [1.82, 2.24) is 0 Å². The van der Waals surface area contributed by atoms with Gasteiger partial charge in [0.25, 0.3) is 0 Å². The second-order valence-corrected chi connectivity index (χ2v) is 8.60. The van der Waals surface area contributed by atoms with E-state index in [0.29, 0.717) is 29.8 Å². The van der Waals surface area contributed by atoms with Crippen LogP contribution in [0.15, 0.2) is 35.5 Å². The summed E-state index contributed by atoms with van der Waals surface area (Å²) in [7, 11) is 0. The Hall–Kier alpha value is -0.820. The number of hydrogen-bond donors (Lipinski definition) is 1. The van der Waals surface area contributed by atoms with E-state index < -0.39 is 0 Å². The number of rotatable bonds is 5. The lowest BCUT2D eigenvalue weighted by atomic mass is 9.57. The highest BCUT2D eigenvalue weighted by molar-refractivity contribution is 5.35. The van der Waals surface area contributed by atoms with Gasteiger partial charge in [0.1, 0.15) is 0 Å². The highest BCUT2D eigenvalue weighted by Crippen LogP contribution is 2.51. The van der Waals surface area contributed by atoms with E-state index in [0.717, 1.165) is 6.42 Å². The van der Waals surface area contributed by atoms with Crippen LogP contribution >= 0.6 is 0 Å². The van der Waals surface area contributed by atoms with Gasteiger partial charge in [0.15, 0.2) is 0 Å². The Bertz CT molecular complexity index is 498. The molecule has 0 amide bonds. The lowest BCUT2D eigenvalue weighted by Gasteiger charge is -2.48. The number of aliphatic hydroxyl groups is 1. The molecule has 1 heteroatoms. The Balaban J connectivity index is 2.16. The minimum Gasteiger partial charge on any atom is -0.396 e. The standard InChI is InChI=1S/C23H38O/c1-17(14-16-24)19(3)23(5)15-8-11-22(20(23)4)13-12-21-10-7-6-9-18(21)2/h12-13,17,19-20,24H,2,6-11,14-16H2,1,3-5H3/b21-12-,22-13+/t17-,19?,20?,23?/m1/s1. The molecule has 0 spiro atoms. The average molecular weight is 331 g/mol. The summed E-state index contributed by atoms with van der Waals surface area (Å²) in [5.41, 5.74) is 4.81. The molecule has 2 aliphatic rings. The van der Waals surface area contributed by atoms with Crippen LogP contribution in [0.5, 0.6) is 0 Å². The molecular formula is C23H38O. The summed E-state index contributed by atoms with van der Waals surface area (Å²) >= 11 is 0. The lowest BCUT2D eigenvalue weighted by molar-refractivity contribution is 0.0533. The SMILES string of the molecule is C=C1CCCC/C1=C/C=C1\CCCC(C)(C(C)[C@H](C)CCO)C1C. The fraction of sp³-hybridized carbons (Fsp3) is 0.739. The summed E-state index contributed by atoms with van der Waals surface area (Å²) in [6, 6.07) is 0. The summed E-state index contributed by atoms with van der Waals surface area (Å²) in [5.74, 6) is 1.84. The van der Waals surface area contributed by atoms with E-state index in [9.17, 15) is 5.11 Å². The van der Waals surface area contributed by atoms with E-state index in [4.69, 9.17) is 0 Å².